The van der Waals surface area contributed by atoms with E-state index in [0.717, 1.165) is 16.7 Å². The number of carbonyl (C=O) groups is 1. The molecule has 0 atom stereocenters. The number of halogens is 1. The maximum atomic E-state index is 13.3. The molecule has 0 bridgehead atoms. The molecule has 5 rings (SSSR count). The molecule has 4 aromatic carbocycles. The quantitative estimate of drug-likeness (QED) is 0.328. The Morgan fingerprint density at radius 3 is 2.12 bits per heavy atom. The van der Waals surface area contributed by atoms with Crippen molar-refractivity contribution in [2.45, 2.75) is 6.61 Å². The van der Waals surface area contributed by atoms with Crippen molar-refractivity contribution < 1.29 is 13.9 Å². The van der Waals surface area contributed by atoms with Crippen LogP contribution in [0.4, 0.5) is 10.1 Å². The van der Waals surface area contributed by atoms with Gasteiger partial charge < -0.3 is 4.74 Å². The highest BCUT2D eigenvalue weighted by atomic mass is 19.1. The van der Waals surface area contributed by atoms with E-state index in [1.54, 1.807) is 12.1 Å². The molecule has 0 radical (unpaired) electrons. The number of amides is 1. The van der Waals surface area contributed by atoms with Crippen LogP contribution >= 0.6 is 0 Å². The van der Waals surface area contributed by atoms with Crippen molar-refractivity contribution in [2.75, 3.05) is 5.01 Å². The fourth-order valence-electron chi connectivity index (χ4n) is 3.67. The summed E-state index contributed by atoms with van der Waals surface area (Å²) in [6.07, 6.45) is 1.85. The van der Waals surface area contributed by atoms with Gasteiger partial charge in [0, 0.05) is 5.56 Å². The minimum atomic E-state index is -0.271. The molecule has 4 nitrogen and oxygen atoms in total. The van der Waals surface area contributed by atoms with Crippen LogP contribution in [0, 0.1) is 5.82 Å². The van der Waals surface area contributed by atoms with Gasteiger partial charge in [0.1, 0.15) is 23.9 Å². The molecule has 0 N–H and O–H groups in total. The highest BCUT2D eigenvalue weighted by Gasteiger charge is 2.31. The van der Waals surface area contributed by atoms with E-state index in [-0.39, 0.29) is 11.7 Å². The largest absolute Gasteiger partial charge is 0.489 e. The first-order valence-corrected chi connectivity index (χ1v) is 10.9. The van der Waals surface area contributed by atoms with Gasteiger partial charge >= 0.3 is 0 Å². The molecule has 4 aromatic rings. The first kappa shape index (κ1) is 21.3. The molecule has 0 saturated carbocycles. The molecular weight excluding hydrogens is 427 g/mol. The van der Waals surface area contributed by atoms with Crippen LogP contribution < -0.4 is 9.75 Å². The normalized spacial score (nSPS) is 14.4. The Labute approximate surface area is 197 Å². The summed E-state index contributed by atoms with van der Waals surface area (Å²) < 4.78 is 18.9. The van der Waals surface area contributed by atoms with Gasteiger partial charge in [-0.2, -0.15) is 10.1 Å². The van der Waals surface area contributed by atoms with Crippen LogP contribution in [0.25, 0.3) is 6.08 Å². The third-order valence-electron chi connectivity index (χ3n) is 5.44. The van der Waals surface area contributed by atoms with Crippen molar-refractivity contribution in [2.24, 2.45) is 5.10 Å². The number of ether oxygens (including phenoxy) is 1. The predicted molar refractivity (Wildman–Crippen MR) is 132 cm³/mol. The maximum absolute atomic E-state index is 13.3. The standard InChI is InChI=1S/C29H21FN2O2/c30-24-15-11-22(12-16-24)20-34-26-17-13-21(14-18-26)19-27-28(23-7-3-1-4-8-23)31-32(29(27)33)25-9-5-2-6-10-25/h1-19H,20H2/b27-19-. The van der Waals surface area contributed by atoms with Gasteiger partial charge in [0.2, 0.25) is 0 Å². The fraction of sp³-hybridized carbons (Fsp3) is 0.0345. The first-order valence-electron chi connectivity index (χ1n) is 10.9. The van der Waals surface area contributed by atoms with Gasteiger partial charge in [0.25, 0.3) is 5.91 Å². The van der Waals surface area contributed by atoms with Crippen molar-refractivity contribution in [3.8, 4) is 5.75 Å². The van der Waals surface area contributed by atoms with E-state index < -0.39 is 0 Å². The lowest BCUT2D eigenvalue weighted by molar-refractivity contribution is -0.114. The number of hydrazone groups is 1. The lowest BCUT2D eigenvalue weighted by Crippen LogP contribution is -2.21. The number of carbonyl (C=O) groups excluding carboxylic acids is 1. The molecule has 0 aliphatic carbocycles. The van der Waals surface area contributed by atoms with Gasteiger partial charge in [-0.05, 0) is 53.6 Å². The Morgan fingerprint density at radius 1 is 0.794 bits per heavy atom. The molecule has 1 aliphatic heterocycles. The zero-order valence-electron chi connectivity index (χ0n) is 18.3. The number of rotatable bonds is 6. The summed E-state index contributed by atoms with van der Waals surface area (Å²) in [5, 5.41) is 6.09. The van der Waals surface area contributed by atoms with Crippen LogP contribution in [0.1, 0.15) is 16.7 Å². The highest BCUT2D eigenvalue weighted by molar-refractivity contribution is 6.37. The second-order valence-corrected chi connectivity index (χ2v) is 7.81. The second kappa shape index (κ2) is 9.55. The number of anilines is 1. The van der Waals surface area contributed by atoms with Crippen LogP contribution in [0.5, 0.6) is 5.75 Å². The van der Waals surface area contributed by atoms with Crippen LogP contribution in [0.15, 0.2) is 120 Å². The van der Waals surface area contributed by atoms with E-state index in [2.05, 4.69) is 5.10 Å². The number of benzene rings is 4. The van der Waals surface area contributed by atoms with Crippen LogP contribution in [-0.2, 0) is 11.4 Å². The summed E-state index contributed by atoms with van der Waals surface area (Å²) in [6, 6.07) is 32.8. The SMILES string of the molecule is O=C1/C(=C\c2ccc(OCc3ccc(F)cc3)cc2)C(c2ccccc2)=NN1c1ccccc1. The molecular formula is C29H21FN2O2. The third kappa shape index (κ3) is 4.64. The van der Waals surface area contributed by atoms with Crippen LogP contribution in [0.2, 0.25) is 0 Å². The van der Waals surface area contributed by atoms with E-state index in [9.17, 15) is 9.18 Å². The average Bonchev–Trinajstić information content (AvgIpc) is 3.21. The van der Waals surface area contributed by atoms with Crippen molar-refractivity contribution in [3.63, 3.8) is 0 Å². The molecule has 5 heteroatoms. The fourth-order valence-corrected chi connectivity index (χ4v) is 3.67. The second-order valence-electron chi connectivity index (χ2n) is 7.81. The number of para-hydroxylation sites is 1. The average molecular weight is 448 g/mol. The van der Waals surface area contributed by atoms with Crippen molar-refractivity contribution >= 4 is 23.4 Å². The Morgan fingerprint density at radius 2 is 1.44 bits per heavy atom. The summed E-state index contributed by atoms with van der Waals surface area (Å²) in [4.78, 5) is 13.3. The van der Waals surface area contributed by atoms with Crippen molar-refractivity contribution in [1.82, 2.24) is 0 Å². The summed E-state index contributed by atoms with van der Waals surface area (Å²) in [6.45, 7) is 0.343. The van der Waals surface area contributed by atoms with Gasteiger partial charge in [0.15, 0.2) is 0 Å². The molecule has 1 heterocycles. The maximum Gasteiger partial charge on any atom is 0.281 e. The van der Waals surface area contributed by atoms with Crippen molar-refractivity contribution in [1.29, 1.82) is 0 Å². The Balaban J connectivity index is 1.40. The molecule has 1 amide bonds. The molecule has 1 aliphatic rings. The number of nitrogens with zero attached hydrogens (tertiary/aromatic N) is 2. The zero-order chi connectivity index (χ0) is 23.3. The Bertz CT molecular complexity index is 1350. The van der Waals surface area contributed by atoms with Gasteiger partial charge in [0.05, 0.1) is 11.3 Å². The van der Waals surface area contributed by atoms with E-state index in [1.165, 1.54) is 17.1 Å². The summed E-state index contributed by atoms with van der Waals surface area (Å²) in [7, 11) is 0. The van der Waals surface area contributed by atoms with Crippen molar-refractivity contribution in [3.05, 3.63) is 137 Å². The van der Waals surface area contributed by atoms with E-state index in [1.807, 2.05) is 91.0 Å². The molecule has 34 heavy (non-hydrogen) atoms. The van der Waals surface area contributed by atoms with Gasteiger partial charge in [-0.3, -0.25) is 4.79 Å². The van der Waals surface area contributed by atoms with Gasteiger partial charge in [-0.15, -0.1) is 0 Å². The highest BCUT2D eigenvalue weighted by Crippen LogP contribution is 2.28. The molecule has 0 spiro atoms. The van der Waals surface area contributed by atoms with E-state index in [4.69, 9.17) is 4.74 Å². The van der Waals surface area contributed by atoms with E-state index in [0.29, 0.717) is 29.3 Å². The van der Waals surface area contributed by atoms with Gasteiger partial charge in [-0.1, -0.05) is 72.8 Å². The molecule has 0 unspecified atom stereocenters. The van der Waals surface area contributed by atoms with Crippen LogP contribution in [-0.4, -0.2) is 11.6 Å². The summed E-state index contributed by atoms with van der Waals surface area (Å²) in [5.74, 6) is 0.237. The molecule has 166 valence electrons. The third-order valence-corrected chi connectivity index (χ3v) is 5.44. The number of hydrogen-bond donors (Lipinski definition) is 0. The molecule has 0 aromatic heterocycles. The monoisotopic (exact) mass is 448 g/mol. The minimum absolute atomic E-state index is 0.179. The molecule has 0 fully saturated rings. The summed E-state index contributed by atoms with van der Waals surface area (Å²) >= 11 is 0. The summed E-state index contributed by atoms with van der Waals surface area (Å²) in [5.41, 5.74) is 4.49. The lowest BCUT2D eigenvalue weighted by atomic mass is 10.0. The predicted octanol–water partition coefficient (Wildman–Crippen LogP) is 6.24. The zero-order valence-corrected chi connectivity index (χ0v) is 18.3. The Hall–Kier alpha value is -4.51. The first-order chi connectivity index (χ1) is 16.7. The minimum Gasteiger partial charge on any atom is -0.489 e. The Kier molecular flexibility index (Phi) is 5.99. The smallest absolute Gasteiger partial charge is 0.281 e. The van der Waals surface area contributed by atoms with E-state index >= 15 is 0 Å². The van der Waals surface area contributed by atoms with Crippen LogP contribution in [0.3, 0.4) is 0 Å². The number of hydrogen-bond acceptors (Lipinski definition) is 3. The van der Waals surface area contributed by atoms with Gasteiger partial charge in [-0.25, -0.2) is 4.39 Å². The topological polar surface area (TPSA) is 41.9 Å². The lowest BCUT2D eigenvalue weighted by Gasteiger charge is -2.11. The molecule has 0 saturated heterocycles.